The number of fused-ring (bicyclic) bond motifs is 1. The number of aromatic nitrogens is 3. The molecule has 1 aliphatic heterocycles. The molecule has 26 heavy (non-hydrogen) atoms. The minimum absolute atomic E-state index is 0.0328. The second-order valence-electron chi connectivity index (χ2n) is 6.50. The summed E-state index contributed by atoms with van der Waals surface area (Å²) in [4.78, 5) is 23.0. The second kappa shape index (κ2) is 8.19. The van der Waals surface area contributed by atoms with E-state index in [0.717, 1.165) is 24.1 Å². The van der Waals surface area contributed by atoms with Gasteiger partial charge in [-0.25, -0.2) is 4.39 Å². The van der Waals surface area contributed by atoms with Crippen molar-refractivity contribution in [3.8, 4) is 0 Å². The largest absolute Gasteiger partial charge is 0.378 e. The lowest BCUT2D eigenvalue weighted by Gasteiger charge is -2.26. The molecule has 4 rings (SSSR count). The quantitative estimate of drug-likeness (QED) is 0.722. The van der Waals surface area contributed by atoms with Crippen molar-refractivity contribution in [2.75, 3.05) is 6.61 Å². The van der Waals surface area contributed by atoms with Gasteiger partial charge in [0.25, 0.3) is 0 Å². The zero-order chi connectivity index (χ0) is 18.5. The van der Waals surface area contributed by atoms with Crippen molar-refractivity contribution in [2.45, 2.75) is 38.7 Å². The Hall–Kier alpha value is -2.60. The topological polar surface area (TPSA) is 67.9 Å². The molecule has 4 heterocycles. The average molecular weight is 355 g/mol. The van der Waals surface area contributed by atoms with Crippen LogP contribution in [0.2, 0.25) is 0 Å². The number of hydrogen-bond donors (Lipinski definition) is 1. The molecule has 136 valence electrons. The Morgan fingerprint density at radius 3 is 2.77 bits per heavy atom. The highest BCUT2D eigenvalue weighted by molar-refractivity contribution is 5.77. The van der Waals surface area contributed by atoms with Crippen molar-refractivity contribution >= 4 is 10.9 Å². The predicted octanol–water partition coefficient (Wildman–Crippen LogP) is 3.73. The first-order valence-electron chi connectivity index (χ1n) is 8.70. The van der Waals surface area contributed by atoms with Gasteiger partial charge in [0.2, 0.25) is 0 Å². The molecule has 0 aliphatic carbocycles. The van der Waals surface area contributed by atoms with Crippen LogP contribution in [0.1, 0.15) is 37.1 Å². The summed E-state index contributed by atoms with van der Waals surface area (Å²) in [5, 5.41) is 0.645. The van der Waals surface area contributed by atoms with Crippen LogP contribution in [-0.4, -0.2) is 27.7 Å². The Bertz CT molecular complexity index is 912. The summed E-state index contributed by atoms with van der Waals surface area (Å²) in [6.45, 7) is 4.41. The molecule has 0 saturated carbocycles. The van der Waals surface area contributed by atoms with Crippen LogP contribution in [0.15, 0.2) is 47.7 Å². The summed E-state index contributed by atoms with van der Waals surface area (Å²) in [6, 6.07) is 6.49. The lowest BCUT2D eigenvalue weighted by molar-refractivity contribution is 0.0147. The third kappa shape index (κ3) is 4.32. The summed E-state index contributed by atoms with van der Waals surface area (Å²) in [5.74, 6) is 0.0546. The van der Waals surface area contributed by atoms with Crippen molar-refractivity contribution in [3.63, 3.8) is 0 Å². The van der Waals surface area contributed by atoms with Gasteiger partial charge in [0.15, 0.2) is 5.43 Å². The molecule has 2 unspecified atom stereocenters. The Labute approximate surface area is 151 Å². The minimum Gasteiger partial charge on any atom is -0.378 e. The van der Waals surface area contributed by atoms with E-state index in [-0.39, 0.29) is 11.2 Å². The Balaban J connectivity index is 0.000000206. The van der Waals surface area contributed by atoms with E-state index in [1.54, 1.807) is 37.6 Å². The van der Waals surface area contributed by atoms with Gasteiger partial charge < -0.3 is 9.72 Å². The lowest BCUT2D eigenvalue weighted by Crippen LogP contribution is -2.23. The zero-order valence-corrected chi connectivity index (χ0v) is 14.9. The van der Waals surface area contributed by atoms with Gasteiger partial charge in [-0.15, -0.1) is 0 Å². The van der Waals surface area contributed by atoms with Gasteiger partial charge >= 0.3 is 0 Å². The smallest absolute Gasteiger partial charge is 0.191 e. The van der Waals surface area contributed by atoms with E-state index in [4.69, 9.17) is 4.74 Å². The average Bonchev–Trinajstić information content (AvgIpc) is 2.65. The summed E-state index contributed by atoms with van der Waals surface area (Å²) in [6.07, 6.45) is 7.31. The number of aryl methyl sites for hydroxylation is 1. The SMILES string of the molecule is CC1CCC(c2cc(=O)c3cnccc3[nH]2)CO1.Cc1ncccc1F. The molecule has 1 saturated heterocycles. The highest BCUT2D eigenvalue weighted by atomic mass is 19.1. The number of pyridine rings is 3. The maximum atomic E-state index is 12.3. The molecule has 0 amide bonds. The van der Waals surface area contributed by atoms with E-state index in [2.05, 4.69) is 21.9 Å². The van der Waals surface area contributed by atoms with E-state index in [1.165, 1.54) is 6.07 Å². The number of rotatable bonds is 1. The van der Waals surface area contributed by atoms with Gasteiger partial charge in [0.05, 0.1) is 29.3 Å². The van der Waals surface area contributed by atoms with Crippen molar-refractivity contribution < 1.29 is 9.13 Å². The number of nitrogens with zero attached hydrogens (tertiary/aromatic N) is 2. The highest BCUT2D eigenvalue weighted by Crippen LogP contribution is 2.26. The van der Waals surface area contributed by atoms with E-state index in [1.807, 2.05) is 6.07 Å². The van der Waals surface area contributed by atoms with E-state index < -0.39 is 0 Å². The molecular formula is C20H22FN3O2. The zero-order valence-electron chi connectivity index (χ0n) is 14.9. The molecule has 2 atom stereocenters. The number of aromatic amines is 1. The maximum Gasteiger partial charge on any atom is 0.191 e. The number of halogens is 1. The van der Waals surface area contributed by atoms with Crippen LogP contribution in [0.25, 0.3) is 10.9 Å². The summed E-state index contributed by atoms with van der Waals surface area (Å²) >= 11 is 0. The first-order valence-corrected chi connectivity index (χ1v) is 8.70. The Morgan fingerprint density at radius 1 is 1.27 bits per heavy atom. The predicted molar refractivity (Wildman–Crippen MR) is 98.7 cm³/mol. The van der Waals surface area contributed by atoms with Crippen LogP contribution in [0.4, 0.5) is 4.39 Å². The van der Waals surface area contributed by atoms with Crippen LogP contribution in [0.5, 0.6) is 0 Å². The summed E-state index contributed by atoms with van der Waals surface area (Å²) in [5.41, 5.74) is 2.31. The molecule has 0 bridgehead atoms. The monoisotopic (exact) mass is 355 g/mol. The molecule has 3 aromatic rings. The van der Waals surface area contributed by atoms with Gasteiger partial charge in [-0.3, -0.25) is 14.8 Å². The third-order valence-electron chi connectivity index (χ3n) is 4.54. The Morgan fingerprint density at radius 2 is 2.12 bits per heavy atom. The molecule has 1 N–H and O–H groups in total. The van der Waals surface area contributed by atoms with Crippen LogP contribution < -0.4 is 5.43 Å². The van der Waals surface area contributed by atoms with E-state index >= 15 is 0 Å². The fourth-order valence-electron chi connectivity index (χ4n) is 2.92. The lowest BCUT2D eigenvalue weighted by atomic mass is 9.95. The third-order valence-corrected chi connectivity index (χ3v) is 4.54. The molecule has 0 radical (unpaired) electrons. The van der Waals surface area contributed by atoms with E-state index in [9.17, 15) is 9.18 Å². The molecule has 0 aromatic carbocycles. The molecule has 1 aliphatic rings. The normalized spacial score (nSPS) is 19.7. The number of nitrogens with one attached hydrogen (secondary N) is 1. The maximum absolute atomic E-state index is 12.3. The van der Waals surface area contributed by atoms with Crippen molar-refractivity contribution in [3.05, 3.63) is 70.3 Å². The van der Waals surface area contributed by atoms with Crippen LogP contribution in [0.3, 0.4) is 0 Å². The van der Waals surface area contributed by atoms with Gasteiger partial charge in [0, 0.05) is 36.3 Å². The fourth-order valence-corrected chi connectivity index (χ4v) is 2.92. The first-order chi connectivity index (χ1) is 12.5. The molecule has 0 spiro atoms. The van der Waals surface area contributed by atoms with Gasteiger partial charge in [-0.1, -0.05) is 0 Å². The number of ether oxygens (including phenoxy) is 1. The molecule has 3 aromatic heterocycles. The van der Waals surface area contributed by atoms with Gasteiger partial charge in [0.1, 0.15) is 5.82 Å². The summed E-state index contributed by atoms with van der Waals surface area (Å²) in [7, 11) is 0. The standard InChI is InChI=1S/C14H16N2O2.C6H6FN/c1-9-2-3-10(8-18-9)13-6-14(17)11-7-15-5-4-12(11)16-13;1-5-6(7)3-2-4-8-5/h4-7,9-10H,2-3,8H2,1H3,(H,16,17);2-4H,1H3. The van der Waals surface area contributed by atoms with E-state index in [0.29, 0.717) is 29.7 Å². The van der Waals surface area contributed by atoms with Crippen molar-refractivity contribution in [2.24, 2.45) is 0 Å². The number of hydrogen-bond acceptors (Lipinski definition) is 4. The summed E-state index contributed by atoms with van der Waals surface area (Å²) < 4.78 is 17.9. The van der Waals surface area contributed by atoms with Gasteiger partial charge in [-0.2, -0.15) is 0 Å². The van der Waals surface area contributed by atoms with Crippen molar-refractivity contribution in [1.82, 2.24) is 15.0 Å². The highest BCUT2D eigenvalue weighted by Gasteiger charge is 2.21. The van der Waals surface area contributed by atoms with Crippen LogP contribution >= 0.6 is 0 Å². The molecular weight excluding hydrogens is 333 g/mol. The molecule has 1 fully saturated rings. The number of H-pyrrole nitrogens is 1. The fraction of sp³-hybridized carbons (Fsp3) is 0.350. The van der Waals surface area contributed by atoms with Crippen molar-refractivity contribution in [1.29, 1.82) is 0 Å². The molecule has 6 heteroatoms. The second-order valence-corrected chi connectivity index (χ2v) is 6.50. The molecule has 5 nitrogen and oxygen atoms in total. The Kier molecular flexibility index (Phi) is 5.73. The van der Waals surface area contributed by atoms with Crippen LogP contribution in [-0.2, 0) is 4.74 Å². The van der Waals surface area contributed by atoms with Crippen LogP contribution in [0, 0.1) is 12.7 Å². The first kappa shape index (κ1) is 18.2. The van der Waals surface area contributed by atoms with Gasteiger partial charge in [-0.05, 0) is 44.9 Å². The minimum atomic E-state index is -0.243.